The predicted molar refractivity (Wildman–Crippen MR) is 54.2 cm³/mol. The van der Waals surface area contributed by atoms with Crippen LogP contribution >= 0.6 is 12.2 Å². The lowest BCUT2D eigenvalue weighted by atomic mass is 10.1. The van der Waals surface area contributed by atoms with E-state index in [0.717, 1.165) is 16.5 Å². The molecule has 2 nitrogen and oxygen atoms in total. The molecule has 0 fully saturated rings. The van der Waals surface area contributed by atoms with E-state index in [-0.39, 0.29) is 0 Å². The van der Waals surface area contributed by atoms with Crippen LogP contribution in [0, 0.1) is 0 Å². The molecular formula is C9H8N2S. The van der Waals surface area contributed by atoms with Gasteiger partial charge in [0, 0.05) is 22.7 Å². The van der Waals surface area contributed by atoms with E-state index in [1.807, 2.05) is 30.5 Å². The van der Waals surface area contributed by atoms with Gasteiger partial charge < -0.3 is 10.7 Å². The first-order valence-corrected chi connectivity index (χ1v) is 4.05. The summed E-state index contributed by atoms with van der Waals surface area (Å²) in [4.78, 5) is 3.54. The molecule has 3 heteroatoms. The maximum atomic E-state index is 5.49. The van der Waals surface area contributed by atoms with Gasteiger partial charge in [-0.25, -0.2) is 0 Å². The Bertz CT molecular complexity index is 431. The second kappa shape index (κ2) is 2.60. The van der Waals surface area contributed by atoms with Gasteiger partial charge in [-0.05, 0) is 24.3 Å². The lowest BCUT2D eigenvalue weighted by Crippen LogP contribution is -2.08. The van der Waals surface area contributed by atoms with Crippen LogP contribution in [0.15, 0.2) is 30.5 Å². The highest BCUT2D eigenvalue weighted by atomic mass is 32.1. The number of nitrogens with one attached hydrogen (secondary N) is 1. The molecule has 1 heterocycles. The van der Waals surface area contributed by atoms with Gasteiger partial charge in [0.05, 0.1) is 0 Å². The van der Waals surface area contributed by atoms with Crippen molar-refractivity contribution in [2.45, 2.75) is 0 Å². The number of hydrogen-bond acceptors (Lipinski definition) is 1. The summed E-state index contributed by atoms with van der Waals surface area (Å²) < 4.78 is 0. The van der Waals surface area contributed by atoms with E-state index in [1.165, 1.54) is 0 Å². The maximum Gasteiger partial charge on any atom is 0.104 e. The highest BCUT2D eigenvalue weighted by Crippen LogP contribution is 2.13. The van der Waals surface area contributed by atoms with Crippen molar-refractivity contribution in [3.05, 3.63) is 36.0 Å². The van der Waals surface area contributed by atoms with Crippen molar-refractivity contribution in [1.29, 1.82) is 0 Å². The molecule has 0 aliphatic heterocycles. The van der Waals surface area contributed by atoms with Crippen LogP contribution in [0.5, 0.6) is 0 Å². The molecule has 0 aliphatic carbocycles. The Kier molecular flexibility index (Phi) is 1.59. The van der Waals surface area contributed by atoms with Gasteiger partial charge in [-0.15, -0.1) is 0 Å². The Hall–Kier alpha value is -1.35. The molecule has 0 saturated carbocycles. The summed E-state index contributed by atoms with van der Waals surface area (Å²) in [6.07, 6.45) is 1.90. The van der Waals surface area contributed by atoms with Gasteiger partial charge in [0.25, 0.3) is 0 Å². The normalized spacial score (nSPS) is 10.3. The van der Waals surface area contributed by atoms with Gasteiger partial charge in [0.15, 0.2) is 0 Å². The molecule has 60 valence electrons. The molecule has 0 spiro atoms. The number of nitrogens with two attached hydrogens (primary N) is 1. The molecule has 0 unspecified atom stereocenters. The summed E-state index contributed by atoms with van der Waals surface area (Å²) in [6, 6.07) is 7.87. The molecule has 3 N–H and O–H groups in total. The van der Waals surface area contributed by atoms with Crippen LogP contribution in [-0.2, 0) is 0 Å². The SMILES string of the molecule is NC(=S)c1ccc2[nH]ccc2c1. The van der Waals surface area contributed by atoms with E-state index >= 15 is 0 Å². The monoisotopic (exact) mass is 176 g/mol. The quantitative estimate of drug-likeness (QED) is 0.650. The third-order valence-electron chi connectivity index (χ3n) is 1.84. The maximum absolute atomic E-state index is 5.49. The number of thiocarbonyl (C=S) groups is 1. The number of aromatic nitrogens is 1. The minimum atomic E-state index is 0.443. The van der Waals surface area contributed by atoms with Crippen molar-refractivity contribution in [3.63, 3.8) is 0 Å². The van der Waals surface area contributed by atoms with Gasteiger partial charge in [-0.2, -0.15) is 0 Å². The number of benzene rings is 1. The lowest BCUT2D eigenvalue weighted by Gasteiger charge is -1.96. The van der Waals surface area contributed by atoms with E-state index in [0.29, 0.717) is 4.99 Å². The van der Waals surface area contributed by atoms with Crippen LogP contribution in [0.1, 0.15) is 5.56 Å². The Morgan fingerprint density at radius 3 is 2.92 bits per heavy atom. The number of H-pyrrole nitrogens is 1. The van der Waals surface area contributed by atoms with Crippen molar-refractivity contribution in [2.24, 2.45) is 5.73 Å². The van der Waals surface area contributed by atoms with Crippen LogP contribution in [0.3, 0.4) is 0 Å². The first-order valence-electron chi connectivity index (χ1n) is 3.64. The lowest BCUT2D eigenvalue weighted by molar-refractivity contribution is 1.48. The van der Waals surface area contributed by atoms with Gasteiger partial charge in [0.2, 0.25) is 0 Å². The van der Waals surface area contributed by atoms with Crippen molar-refractivity contribution in [3.8, 4) is 0 Å². The fraction of sp³-hybridized carbons (Fsp3) is 0. The van der Waals surface area contributed by atoms with Gasteiger partial charge >= 0.3 is 0 Å². The number of hydrogen-bond donors (Lipinski definition) is 2. The van der Waals surface area contributed by atoms with Gasteiger partial charge in [0.1, 0.15) is 4.99 Å². The average molecular weight is 176 g/mol. The molecule has 0 amide bonds. The standard InChI is InChI=1S/C9H8N2S/c10-9(12)7-1-2-8-6(5-7)3-4-11-8/h1-5,11H,(H2,10,12). The molecule has 0 saturated heterocycles. The Morgan fingerprint density at radius 1 is 1.33 bits per heavy atom. The van der Waals surface area contributed by atoms with Crippen LogP contribution in [0.4, 0.5) is 0 Å². The molecule has 2 aromatic rings. The second-order valence-corrected chi connectivity index (χ2v) is 3.08. The predicted octanol–water partition coefficient (Wildman–Crippen LogP) is 1.80. The molecule has 2 rings (SSSR count). The highest BCUT2D eigenvalue weighted by Gasteiger charge is 1.98. The third kappa shape index (κ3) is 1.08. The Balaban J connectivity index is 2.68. The summed E-state index contributed by atoms with van der Waals surface area (Å²) in [6.45, 7) is 0. The van der Waals surface area contributed by atoms with Crippen LogP contribution < -0.4 is 5.73 Å². The molecule has 1 aromatic heterocycles. The summed E-state index contributed by atoms with van der Waals surface area (Å²) in [5.74, 6) is 0. The van der Waals surface area contributed by atoms with Gasteiger partial charge in [-0.3, -0.25) is 0 Å². The van der Waals surface area contributed by atoms with Crippen molar-refractivity contribution < 1.29 is 0 Å². The molecule has 0 radical (unpaired) electrons. The van der Waals surface area contributed by atoms with E-state index in [1.54, 1.807) is 0 Å². The Morgan fingerprint density at radius 2 is 2.17 bits per heavy atom. The van der Waals surface area contributed by atoms with E-state index in [2.05, 4.69) is 4.98 Å². The second-order valence-electron chi connectivity index (χ2n) is 2.64. The minimum absolute atomic E-state index is 0.443. The number of fused-ring (bicyclic) bond motifs is 1. The van der Waals surface area contributed by atoms with Gasteiger partial charge in [-0.1, -0.05) is 12.2 Å². The fourth-order valence-electron chi connectivity index (χ4n) is 1.21. The zero-order chi connectivity index (χ0) is 8.55. The molecular weight excluding hydrogens is 168 g/mol. The zero-order valence-electron chi connectivity index (χ0n) is 6.37. The zero-order valence-corrected chi connectivity index (χ0v) is 7.19. The van der Waals surface area contributed by atoms with E-state index < -0.39 is 0 Å². The van der Waals surface area contributed by atoms with Crippen LogP contribution in [0.2, 0.25) is 0 Å². The smallest absolute Gasteiger partial charge is 0.104 e. The molecule has 0 bridgehead atoms. The fourth-order valence-corrected chi connectivity index (χ4v) is 1.33. The number of rotatable bonds is 1. The summed E-state index contributed by atoms with van der Waals surface area (Å²) in [5, 5.41) is 1.14. The van der Waals surface area contributed by atoms with E-state index in [9.17, 15) is 0 Å². The number of aromatic amines is 1. The topological polar surface area (TPSA) is 41.8 Å². The van der Waals surface area contributed by atoms with Crippen molar-refractivity contribution in [1.82, 2.24) is 4.98 Å². The highest BCUT2D eigenvalue weighted by molar-refractivity contribution is 7.80. The summed E-state index contributed by atoms with van der Waals surface area (Å²) >= 11 is 4.87. The van der Waals surface area contributed by atoms with Crippen LogP contribution in [0.25, 0.3) is 10.9 Å². The summed E-state index contributed by atoms with van der Waals surface area (Å²) in [7, 11) is 0. The molecule has 0 aliphatic rings. The first-order chi connectivity index (χ1) is 5.77. The third-order valence-corrected chi connectivity index (χ3v) is 2.07. The van der Waals surface area contributed by atoms with Crippen molar-refractivity contribution in [2.75, 3.05) is 0 Å². The van der Waals surface area contributed by atoms with Crippen molar-refractivity contribution >= 4 is 28.1 Å². The van der Waals surface area contributed by atoms with E-state index in [4.69, 9.17) is 18.0 Å². The first kappa shape index (κ1) is 7.31. The largest absolute Gasteiger partial charge is 0.389 e. The summed E-state index contributed by atoms with van der Waals surface area (Å²) in [5.41, 5.74) is 7.52. The molecule has 0 atom stereocenters. The Labute approximate surface area is 75.4 Å². The molecule has 1 aromatic carbocycles. The molecule has 12 heavy (non-hydrogen) atoms. The minimum Gasteiger partial charge on any atom is -0.389 e. The van der Waals surface area contributed by atoms with Crippen LogP contribution in [-0.4, -0.2) is 9.97 Å². The average Bonchev–Trinajstić information content (AvgIpc) is 2.49.